The number of piperazine rings is 1. The van der Waals surface area contributed by atoms with Crippen LogP contribution in [0, 0.1) is 6.92 Å². The monoisotopic (exact) mass is 206 g/mol. The second-order valence-electron chi connectivity index (χ2n) is 3.60. The minimum Gasteiger partial charge on any atom is -0.335 e. The predicted octanol–water partition coefficient (Wildman–Crippen LogP) is -0.170. The van der Waals surface area contributed by atoms with Gasteiger partial charge in [0.25, 0.3) is 5.91 Å². The maximum absolute atomic E-state index is 11.9. The number of hydrogen-bond acceptors (Lipinski definition) is 4. The third-order valence-electron chi connectivity index (χ3n) is 2.42. The van der Waals surface area contributed by atoms with E-state index in [0.717, 1.165) is 31.9 Å². The molecule has 1 saturated heterocycles. The Bertz CT molecular complexity index is 343. The highest BCUT2D eigenvalue weighted by molar-refractivity contribution is 5.92. The van der Waals surface area contributed by atoms with Crippen LogP contribution in [0.25, 0.3) is 0 Å². The van der Waals surface area contributed by atoms with Gasteiger partial charge in [-0.05, 0) is 19.1 Å². The minimum atomic E-state index is -0.0241. The summed E-state index contributed by atoms with van der Waals surface area (Å²) in [7, 11) is 0. The molecule has 0 aromatic carbocycles. The van der Waals surface area contributed by atoms with Gasteiger partial charge in [-0.2, -0.15) is 5.10 Å². The second-order valence-corrected chi connectivity index (χ2v) is 3.60. The van der Waals surface area contributed by atoms with Crippen LogP contribution in [0.15, 0.2) is 12.1 Å². The molecular weight excluding hydrogens is 192 g/mol. The Morgan fingerprint density at radius 1 is 1.33 bits per heavy atom. The molecule has 1 aromatic heterocycles. The van der Waals surface area contributed by atoms with Gasteiger partial charge in [0.05, 0.1) is 5.69 Å². The summed E-state index contributed by atoms with van der Waals surface area (Å²) < 4.78 is 0. The number of carbonyl (C=O) groups is 1. The van der Waals surface area contributed by atoms with E-state index >= 15 is 0 Å². The van der Waals surface area contributed by atoms with E-state index < -0.39 is 0 Å². The number of nitrogens with one attached hydrogen (secondary N) is 1. The van der Waals surface area contributed by atoms with Crippen molar-refractivity contribution < 1.29 is 4.79 Å². The summed E-state index contributed by atoms with van der Waals surface area (Å²) in [6, 6.07) is 3.54. The maximum Gasteiger partial charge on any atom is 0.274 e. The molecule has 0 aliphatic carbocycles. The van der Waals surface area contributed by atoms with Crippen LogP contribution < -0.4 is 5.32 Å². The average Bonchev–Trinajstić information content (AvgIpc) is 2.30. The molecule has 0 unspecified atom stereocenters. The van der Waals surface area contributed by atoms with Crippen LogP contribution in [-0.2, 0) is 0 Å². The number of hydrogen-bond donors (Lipinski definition) is 1. The van der Waals surface area contributed by atoms with E-state index in [1.807, 2.05) is 13.0 Å². The number of aryl methyl sites for hydroxylation is 1. The van der Waals surface area contributed by atoms with E-state index in [-0.39, 0.29) is 5.91 Å². The van der Waals surface area contributed by atoms with Crippen LogP contribution in [0.5, 0.6) is 0 Å². The number of aromatic nitrogens is 2. The van der Waals surface area contributed by atoms with Gasteiger partial charge in [-0.3, -0.25) is 4.79 Å². The smallest absolute Gasteiger partial charge is 0.274 e. The van der Waals surface area contributed by atoms with Crippen molar-refractivity contribution >= 4 is 5.91 Å². The first kappa shape index (κ1) is 10.0. The van der Waals surface area contributed by atoms with Gasteiger partial charge in [-0.1, -0.05) is 0 Å². The molecule has 2 rings (SSSR count). The molecule has 5 nitrogen and oxygen atoms in total. The summed E-state index contributed by atoms with van der Waals surface area (Å²) in [6.45, 7) is 5.05. The molecule has 2 heterocycles. The standard InChI is InChI=1S/C10H14N4O/c1-8-2-3-9(13-12-8)10(15)14-6-4-11-5-7-14/h2-3,11H,4-7H2,1H3. The van der Waals surface area contributed by atoms with Crippen molar-refractivity contribution in [1.29, 1.82) is 0 Å². The molecular formula is C10H14N4O. The van der Waals surface area contributed by atoms with Crippen molar-refractivity contribution in [3.8, 4) is 0 Å². The SMILES string of the molecule is Cc1ccc(C(=O)N2CCNCC2)nn1. The van der Waals surface area contributed by atoms with Gasteiger partial charge >= 0.3 is 0 Å². The van der Waals surface area contributed by atoms with Crippen LogP contribution in [-0.4, -0.2) is 47.2 Å². The van der Waals surface area contributed by atoms with Gasteiger partial charge in [0.15, 0.2) is 5.69 Å². The van der Waals surface area contributed by atoms with Gasteiger partial charge < -0.3 is 10.2 Å². The molecule has 0 bridgehead atoms. The third-order valence-corrected chi connectivity index (χ3v) is 2.42. The predicted molar refractivity (Wildman–Crippen MR) is 55.5 cm³/mol. The van der Waals surface area contributed by atoms with Gasteiger partial charge in [-0.25, -0.2) is 0 Å². The van der Waals surface area contributed by atoms with Crippen LogP contribution in [0.3, 0.4) is 0 Å². The zero-order valence-corrected chi connectivity index (χ0v) is 8.73. The molecule has 0 spiro atoms. The Balaban J connectivity index is 2.09. The molecule has 1 aliphatic heterocycles. The quantitative estimate of drug-likeness (QED) is 0.693. The highest BCUT2D eigenvalue weighted by atomic mass is 16.2. The van der Waals surface area contributed by atoms with Crippen molar-refractivity contribution in [2.45, 2.75) is 6.92 Å². The summed E-state index contributed by atoms with van der Waals surface area (Å²) >= 11 is 0. The van der Waals surface area contributed by atoms with E-state index in [1.165, 1.54) is 0 Å². The summed E-state index contributed by atoms with van der Waals surface area (Å²) in [5.41, 5.74) is 1.26. The van der Waals surface area contributed by atoms with Crippen molar-refractivity contribution in [2.75, 3.05) is 26.2 Å². The van der Waals surface area contributed by atoms with Crippen molar-refractivity contribution in [3.05, 3.63) is 23.5 Å². The van der Waals surface area contributed by atoms with Crippen LogP contribution >= 0.6 is 0 Å². The highest BCUT2D eigenvalue weighted by Crippen LogP contribution is 2.02. The van der Waals surface area contributed by atoms with Crippen LogP contribution in [0.2, 0.25) is 0 Å². The van der Waals surface area contributed by atoms with Crippen LogP contribution in [0.1, 0.15) is 16.2 Å². The highest BCUT2D eigenvalue weighted by Gasteiger charge is 2.18. The molecule has 15 heavy (non-hydrogen) atoms. The van der Waals surface area contributed by atoms with E-state index in [4.69, 9.17) is 0 Å². The molecule has 1 amide bonds. The van der Waals surface area contributed by atoms with Crippen molar-refractivity contribution in [3.63, 3.8) is 0 Å². The molecule has 1 aliphatic rings. The Hall–Kier alpha value is -1.49. The maximum atomic E-state index is 11.9. The summed E-state index contributed by atoms with van der Waals surface area (Å²) in [4.78, 5) is 13.7. The summed E-state index contributed by atoms with van der Waals surface area (Å²) in [6.07, 6.45) is 0. The average molecular weight is 206 g/mol. The van der Waals surface area contributed by atoms with Crippen molar-refractivity contribution in [2.24, 2.45) is 0 Å². The first-order chi connectivity index (χ1) is 7.27. The molecule has 0 saturated carbocycles. The zero-order chi connectivity index (χ0) is 10.7. The van der Waals surface area contributed by atoms with Gasteiger partial charge in [-0.15, -0.1) is 5.10 Å². The Morgan fingerprint density at radius 2 is 2.07 bits per heavy atom. The largest absolute Gasteiger partial charge is 0.335 e. The number of carbonyl (C=O) groups excluding carboxylic acids is 1. The first-order valence-electron chi connectivity index (χ1n) is 5.08. The lowest BCUT2D eigenvalue weighted by atomic mass is 10.3. The molecule has 5 heteroatoms. The van der Waals surface area contributed by atoms with E-state index in [1.54, 1.807) is 11.0 Å². The molecule has 80 valence electrons. The van der Waals surface area contributed by atoms with E-state index in [2.05, 4.69) is 15.5 Å². The third kappa shape index (κ3) is 2.30. The van der Waals surface area contributed by atoms with E-state index in [0.29, 0.717) is 5.69 Å². The van der Waals surface area contributed by atoms with Crippen LogP contribution in [0.4, 0.5) is 0 Å². The van der Waals surface area contributed by atoms with Gasteiger partial charge in [0.1, 0.15) is 0 Å². The second kappa shape index (κ2) is 4.35. The fourth-order valence-corrected chi connectivity index (χ4v) is 1.54. The number of nitrogens with zero attached hydrogens (tertiary/aromatic N) is 3. The molecule has 0 radical (unpaired) electrons. The van der Waals surface area contributed by atoms with Gasteiger partial charge in [0.2, 0.25) is 0 Å². The molecule has 1 N–H and O–H groups in total. The first-order valence-corrected chi connectivity index (χ1v) is 5.08. The minimum absolute atomic E-state index is 0.0241. The lowest BCUT2D eigenvalue weighted by Gasteiger charge is -2.26. The summed E-state index contributed by atoms with van der Waals surface area (Å²) in [5, 5.41) is 11.0. The zero-order valence-electron chi connectivity index (χ0n) is 8.73. The molecule has 0 atom stereocenters. The topological polar surface area (TPSA) is 58.1 Å². The van der Waals surface area contributed by atoms with Gasteiger partial charge in [0, 0.05) is 26.2 Å². The lowest BCUT2D eigenvalue weighted by Crippen LogP contribution is -2.46. The Morgan fingerprint density at radius 3 is 2.67 bits per heavy atom. The fraction of sp³-hybridized carbons (Fsp3) is 0.500. The summed E-state index contributed by atoms with van der Waals surface area (Å²) in [5.74, 6) is -0.0241. The molecule has 1 aromatic rings. The Labute approximate surface area is 88.5 Å². The lowest BCUT2D eigenvalue weighted by molar-refractivity contribution is 0.0728. The molecule has 1 fully saturated rings. The normalized spacial score (nSPS) is 16.5. The number of amides is 1. The van der Waals surface area contributed by atoms with E-state index in [9.17, 15) is 4.79 Å². The number of rotatable bonds is 1. The fourth-order valence-electron chi connectivity index (χ4n) is 1.54. The Kier molecular flexibility index (Phi) is 2.91. The van der Waals surface area contributed by atoms with Crippen molar-refractivity contribution in [1.82, 2.24) is 20.4 Å².